The van der Waals surface area contributed by atoms with Gasteiger partial charge < -0.3 is 20.5 Å². The molecule has 29 heavy (non-hydrogen) atoms. The van der Waals surface area contributed by atoms with E-state index in [1.54, 1.807) is 14.2 Å². The van der Waals surface area contributed by atoms with Crippen molar-refractivity contribution in [2.45, 2.75) is 38.8 Å². The molecular weight excluding hydrogens is 366 g/mol. The summed E-state index contributed by atoms with van der Waals surface area (Å²) < 4.78 is 10.6. The molecule has 1 saturated heterocycles. The summed E-state index contributed by atoms with van der Waals surface area (Å²) >= 11 is 0. The number of hydrogen-bond acceptors (Lipinski definition) is 5. The molecule has 7 heteroatoms. The van der Waals surface area contributed by atoms with Crippen LogP contribution in [0.3, 0.4) is 0 Å². The molecule has 1 aromatic rings. The maximum absolute atomic E-state index is 6.52. The lowest BCUT2D eigenvalue weighted by Crippen LogP contribution is -2.61. The Kier molecular flexibility index (Phi) is 7.91. The Morgan fingerprint density at radius 2 is 1.76 bits per heavy atom. The van der Waals surface area contributed by atoms with Crippen LogP contribution in [0, 0.1) is 6.92 Å². The number of hydrogen-bond donors (Lipinski definition) is 2. The van der Waals surface area contributed by atoms with Gasteiger partial charge in [0.2, 0.25) is 5.96 Å². The molecule has 0 spiro atoms. The molecule has 0 bridgehead atoms. The van der Waals surface area contributed by atoms with Gasteiger partial charge in [0.1, 0.15) is 12.0 Å². The Hall–Kier alpha value is -2.09. The summed E-state index contributed by atoms with van der Waals surface area (Å²) in [6.45, 7) is 6.01. The minimum atomic E-state index is 0.0377. The van der Waals surface area contributed by atoms with Gasteiger partial charge in [-0.05, 0) is 38.3 Å². The largest absolute Gasteiger partial charge is 0.385 e. The molecule has 0 aromatic heterocycles. The van der Waals surface area contributed by atoms with E-state index in [0.29, 0.717) is 25.6 Å². The van der Waals surface area contributed by atoms with Gasteiger partial charge in [0.25, 0.3) is 0 Å². The van der Waals surface area contributed by atoms with E-state index in [2.05, 4.69) is 46.3 Å². The molecule has 0 saturated carbocycles. The number of aryl methyl sites for hydroxylation is 1. The van der Waals surface area contributed by atoms with Crippen LogP contribution in [0.25, 0.3) is 0 Å². The zero-order chi connectivity index (χ0) is 20.6. The summed E-state index contributed by atoms with van der Waals surface area (Å²) in [6, 6.07) is 8.61. The third kappa shape index (κ3) is 5.29. The number of nitrogens with one attached hydrogen (secondary N) is 1. The lowest BCUT2D eigenvalue weighted by Gasteiger charge is -2.47. The third-order valence-electron chi connectivity index (χ3n) is 5.56. The van der Waals surface area contributed by atoms with Gasteiger partial charge >= 0.3 is 0 Å². The molecule has 1 aromatic carbocycles. The highest BCUT2D eigenvalue weighted by Gasteiger charge is 2.37. The number of benzene rings is 1. The molecule has 0 aliphatic carbocycles. The summed E-state index contributed by atoms with van der Waals surface area (Å²) in [5, 5.41) is 3.36. The second-order valence-corrected chi connectivity index (χ2v) is 7.68. The van der Waals surface area contributed by atoms with Crippen molar-refractivity contribution in [3.05, 3.63) is 41.2 Å². The number of guanidine groups is 1. The number of ether oxygens (including phenoxy) is 2. The zero-order valence-electron chi connectivity index (χ0n) is 18.0. The van der Waals surface area contributed by atoms with Crippen molar-refractivity contribution in [3.63, 3.8) is 0 Å². The fourth-order valence-corrected chi connectivity index (χ4v) is 4.02. The fourth-order valence-electron chi connectivity index (χ4n) is 4.02. The van der Waals surface area contributed by atoms with E-state index in [0.717, 1.165) is 31.2 Å². The van der Waals surface area contributed by atoms with Gasteiger partial charge in [-0.1, -0.05) is 24.1 Å². The molecule has 0 amide bonds. The molecule has 3 rings (SSSR count). The lowest BCUT2D eigenvalue weighted by molar-refractivity contribution is 0.166. The SMILES string of the molecule is COCCN=C1NC(N)=C(CCOC)C(N2CCCCC2)N1c1ccc(C)cc1. The van der Waals surface area contributed by atoms with Crippen LogP contribution in [0.5, 0.6) is 0 Å². The van der Waals surface area contributed by atoms with Gasteiger partial charge in [-0.15, -0.1) is 0 Å². The van der Waals surface area contributed by atoms with Crippen molar-refractivity contribution in [2.75, 3.05) is 52.0 Å². The Morgan fingerprint density at radius 3 is 2.41 bits per heavy atom. The number of likely N-dealkylation sites (tertiary alicyclic amines) is 1. The van der Waals surface area contributed by atoms with E-state index in [1.165, 1.54) is 30.4 Å². The van der Waals surface area contributed by atoms with Crippen molar-refractivity contribution in [3.8, 4) is 0 Å². The number of aliphatic imine (C=N–C) groups is 1. The Bertz CT molecular complexity index is 710. The van der Waals surface area contributed by atoms with Crippen molar-refractivity contribution in [1.29, 1.82) is 0 Å². The highest BCUT2D eigenvalue weighted by molar-refractivity contribution is 5.99. The van der Waals surface area contributed by atoms with Gasteiger partial charge in [-0.25, -0.2) is 0 Å². The number of anilines is 1. The molecule has 0 radical (unpaired) electrons. The number of methoxy groups -OCH3 is 2. The average Bonchev–Trinajstić information content (AvgIpc) is 2.74. The summed E-state index contributed by atoms with van der Waals surface area (Å²) in [5.74, 6) is 1.47. The van der Waals surface area contributed by atoms with Crippen molar-refractivity contribution in [2.24, 2.45) is 10.7 Å². The summed E-state index contributed by atoms with van der Waals surface area (Å²) in [7, 11) is 3.43. The van der Waals surface area contributed by atoms with Crippen LogP contribution in [0.1, 0.15) is 31.2 Å². The second kappa shape index (κ2) is 10.6. The number of piperidine rings is 1. The standard InChI is InChI=1S/C22H35N5O2/c1-17-7-9-18(10-8-17)27-21(26-13-5-4-6-14-26)19(11-15-28-2)20(23)25-22(27)24-12-16-29-3/h7-10,21H,4-6,11-16,23H2,1-3H3,(H,24,25). The highest BCUT2D eigenvalue weighted by Crippen LogP contribution is 2.31. The third-order valence-corrected chi connectivity index (χ3v) is 5.56. The van der Waals surface area contributed by atoms with Crippen LogP contribution in [0.4, 0.5) is 5.69 Å². The zero-order valence-corrected chi connectivity index (χ0v) is 18.0. The van der Waals surface area contributed by atoms with Crippen LogP contribution >= 0.6 is 0 Å². The molecule has 7 nitrogen and oxygen atoms in total. The smallest absolute Gasteiger partial charge is 0.205 e. The maximum atomic E-state index is 6.52. The van der Waals surface area contributed by atoms with E-state index in [1.807, 2.05) is 0 Å². The Balaban J connectivity index is 2.05. The quantitative estimate of drug-likeness (QED) is 0.652. The Labute approximate surface area is 174 Å². The molecule has 1 atom stereocenters. The van der Waals surface area contributed by atoms with E-state index >= 15 is 0 Å². The molecule has 2 aliphatic rings. The monoisotopic (exact) mass is 401 g/mol. The minimum absolute atomic E-state index is 0.0377. The summed E-state index contributed by atoms with van der Waals surface area (Å²) in [6.07, 6.45) is 4.52. The molecule has 2 aliphatic heterocycles. The van der Waals surface area contributed by atoms with Crippen LogP contribution in [-0.4, -0.2) is 64.1 Å². The normalized spacial score (nSPS) is 22.2. The average molecular weight is 402 g/mol. The van der Waals surface area contributed by atoms with Crippen LogP contribution in [-0.2, 0) is 9.47 Å². The summed E-state index contributed by atoms with van der Waals surface area (Å²) in [4.78, 5) is 9.63. The van der Waals surface area contributed by atoms with Crippen LogP contribution in [0.2, 0.25) is 0 Å². The van der Waals surface area contributed by atoms with Gasteiger partial charge in [0.15, 0.2) is 0 Å². The first-order valence-electron chi connectivity index (χ1n) is 10.5. The number of nitrogens with zero attached hydrogens (tertiary/aromatic N) is 3. The van der Waals surface area contributed by atoms with Crippen molar-refractivity contribution < 1.29 is 9.47 Å². The molecule has 2 heterocycles. The molecule has 1 fully saturated rings. The predicted octanol–water partition coefficient (Wildman–Crippen LogP) is 2.43. The van der Waals surface area contributed by atoms with Crippen LogP contribution in [0.15, 0.2) is 40.7 Å². The second-order valence-electron chi connectivity index (χ2n) is 7.68. The van der Waals surface area contributed by atoms with Crippen LogP contribution < -0.4 is 16.0 Å². The highest BCUT2D eigenvalue weighted by atomic mass is 16.5. The van der Waals surface area contributed by atoms with Gasteiger partial charge in [0.05, 0.1) is 19.8 Å². The van der Waals surface area contributed by atoms with Gasteiger partial charge in [0, 0.05) is 38.6 Å². The fraction of sp³-hybridized carbons (Fsp3) is 0.591. The molecule has 160 valence electrons. The number of rotatable bonds is 8. The maximum Gasteiger partial charge on any atom is 0.205 e. The molecule has 3 N–H and O–H groups in total. The van der Waals surface area contributed by atoms with Crippen molar-refractivity contribution in [1.82, 2.24) is 10.2 Å². The lowest BCUT2D eigenvalue weighted by atomic mass is 10.0. The van der Waals surface area contributed by atoms with Gasteiger partial charge in [-0.2, -0.15) is 0 Å². The predicted molar refractivity (Wildman–Crippen MR) is 118 cm³/mol. The molecular formula is C22H35N5O2. The van der Waals surface area contributed by atoms with Crippen molar-refractivity contribution >= 4 is 11.6 Å². The number of nitrogens with two attached hydrogens (primary N) is 1. The van der Waals surface area contributed by atoms with E-state index in [9.17, 15) is 0 Å². The van der Waals surface area contributed by atoms with E-state index in [-0.39, 0.29) is 6.17 Å². The topological polar surface area (TPSA) is 75.3 Å². The first-order valence-corrected chi connectivity index (χ1v) is 10.5. The minimum Gasteiger partial charge on any atom is -0.385 e. The van der Waals surface area contributed by atoms with Gasteiger partial charge in [-0.3, -0.25) is 14.8 Å². The van der Waals surface area contributed by atoms with E-state index in [4.69, 9.17) is 20.2 Å². The van der Waals surface area contributed by atoms with E-state index < -0.39 is 0 Å². The first-order chi connectivity index (χ1) is 14.2. The first kappa shape index (κ1) is 21.6. The Morgan fingerprint density at radius 1 is 1.07 bits per heavy atom. The molecule has 1 unspecified atom stereocenters. The summed E-state index contributed by atoms with van der Waals surface area (Å²) in [5.41, 5.74) is 10.0.